The monoisotopic (exact) mass is 293 g/mol. The van der Waals surface area contributed by atoms with Gasteiger partial charge in [-0.1, -0.05) is 18.2 Å². The summed E-state index contributed by atoms with van der Waals surface area (Å²) in [5, 5.41) is 13.9. The third-order valence-electron chi connectivity index (χ3n) is 3.12. The molecule has 20 heavy (non-hydrogen) atoms. The van der Waals surface area contributed by atoms with Gasteiger partial charge in [0.05, 0.1) is 10.5 Å². The average Bonchev–Trinajstić information content (AvgIpc) is 2.86. The van der Waals surface area contributed by atoms with Crippen molar-refractivity contribution in [3.63, 3.8) is 0 Å². The van der Waals surface area contributed by atoms with Crippen LogP contribution in [0.4, 0.5) is 0 Å². The highest BCUT2D eigenvalue weighted by Crippen LogP contribution is 2.25. The molecule has 0 spiro atoms. The SMILES string of the molecule is COCCC(C)(O)CNC(=O)c1cc2ccccc2s1. The largest absolute Gasteiger partial charge is 0.388 e. The Bertz CT molecular complexity index is 559. The first kappa shape index (κ1) is 15.0. The molecular formula is C15H19NO3S. The predicted molar refractivity (Wildman–Crippen MR) is 81.3 cm³/mol. The van der Waals surface area contributed by atoms with E-state index < -0.39 is 5.60 Å². The number of rotatable bonds is 6. The summed E-state index contributed by atoms with van der Waals surface area (Å²) in [5.74, 6) is -0.149. The maximum atomic E-state index is 12.1. The van der Waals surface area contributed by atoms with Gasteiger partial charge in [0.15, 0.2) is 0 Å². The summed E-state index contributed by atoms with van der Waals surface area (Å²) >= 11 is 1.46. The van der Waals surface area contributed by atoms with Crippen molar-refractivity contribution in [2.24, 2.45) is 0 Å². The van der Waals surface area contributed by atoms with Crippen LogP contribution in [0.5, 0.6) is 0 Å². The van der Waals surface area contributed by atoms with Crippen LogP contribution in [0.1, 0.15) is 23.0 Å². The second kappa shape index (κ2) is 6.35. The maximum absolute atomic E-state index is 12.1. The van der Waals surface area contributed by atoms with Crippen LogP contribution in [0.25, 0.3) is 10.1 Å². The van der Waals surface area contributed by atoms with E-state index in [9.17, 15) is 9.90 Å². The van der Waals surface area contributed by atoms with Crippen molar-refractivity contribution in [1.29, 1.82) is 0 Å². The van der Waals surface area contributed by atoms with Crippen LogP contribution in [-0.2, 0) is 4.74 Å². The molecule has 0 bridgehead atoms. The topological polar surface area (TPSA) is 58.6 Å². The number of aliphatic hydroxyl groups is 1. The van der Waals surface area contributed by atoms with E-state index in [2.05, 4.69) is 5.32 Å². The standard InChI is InChI=1S/C15H19NO3S/c1-15(18,7-8-19-2)10-16-14(17)13-9-11-5-3-4-6-12(11)20-13/h3-6,9,18H,7-8,10H2,1-2H3,(H,16,17). The first-order valence-corrected chi connectivity index (χ1v) is 7.31. The number of hydrogen-bond donors (Lipinski definition) is 2. The molecule has 0 saturated carbocycles. The molecule has 5 heteroatoms. The van der Waals surface area contributed by atoms with Gasteiger partial charge in [0.2, 0.25) is 0 Å². The Labute approximate surface area is 122 Å². The molecule has 0 aliphatic rings. The summed E-state index contributed by atoms with van der Waals surface area (Å²) in [4.78, 5) is 12.8. The second-order valence-corrected chi connectivity index (χ2v) is 6.15. The molecule has 0 radical (unpaired) electrons. The molecule has 1 amide bonds. The van der Waals surface area contributed by atoms with E-state index in [1.54, 1.807) is 14.0 Å². The fraction of sp³-hybridized carbons (Fsp3) is 0.400. The van der Waals surface area contributed by atoms with E-state index in [1.807, 2.05) is 30.3 Å². The molecular weight excluding hydrogens is 274 g/mol. The minimum atomic E-state index is -0.956. The number of benzene rings is 1. The summed E-state index contributed by atoms with van der Waals surface area (Å²) in [5.41, 5.74) is -0.956. The molecule has 2 aromatic rings. The Morgan fingerprint density at radius 1 is 1.45 bits per heavy atom. The summed E-state index contributed by atoms with van der Waals surface area (Å²) in [7, 11) is 1.59. The molecule has 1 unspecified atom stereocenters. The first-order chi connectivity index (χ1) is 9.52. The van der Waals surface area contributed by atoms with E-state index in [4.69, 9.17) is 4.74 Å². The van der Waals surface area contributed by atoms with Crippen LogP contribution in [0.15, 0.2) is 30.3 Å². The second-order valence-electron chi connectivity index (χ2n) is 5.07. The zero-order valence-electron chi connectivity index (χ0n) is 11.7. The summed E-state index contributed by atoms with van der Waals surface area (Å²) in [6.07, 6.45) is 0.482. The summed E-state index contributed by atoms with van der Waals surface area (Å²) in [6, 6.07) is 9.75. The van der Waals surface area contributed by atoms with Crippen molar-refractivity contribution in [3.05, 3.63) is 35.2 Å². The Balaban J connectivity index is 1.98. The number of methoxy groups -OCH3 is 1. The number of hydrogen-bond acceptors (Lipinski definition) is 4. The lowest BCUT2D eigenvalue weighted by Gasteiger charge is -2.22. The fourth-order valence-corrected chi connectivity index (χ4v) is 2.84. The van der Waals surface area contributed by atoms with Crippen molar-refractivity contribution in [2.45, 2.75) is 18.9 Å². The molecule has 1 aromatic heterocycles. The molecule has 4 nitrogen and oxygen atoms in total. The van der Waals surface area contributed by atoms with Crippen molar-refractivity contribution in [1.82, 2.24) is 5.32 Å². The maximum Gasteiger partial charge on any atom is 0.261 e. The fourth-order valence-electron chi connectivity index (χ4n) is 1.86. The molecule has 1 heterocycles. The van der Waals surface area contributed by atoms with Crippen LogP contribution >= 0.6 is 11.3 Å². The lowest BCUT2D eigenvalue weighted by Crippen LogP contribution is -2.41. The van der Waals surface area contributed by atoms with Crippen molar-refractivity contribution >= 4 is 27.3 Å². The van der Waals surface area contributed by atoms with Crippen LogP contribution in [0.2, 0.25) is 0 Å². The van der Waals surface area contributed by atoms with E-state index in [0.29, 0.717) is 17.9 Å². The van der Waals surface area contributed by atoms with Crippen LogP contribution < -0.4 is 5.32 Å². The van der Waals surface area contributed by atoms with Gasteiger partial charge < -0.3 is 15.2 Å². The Morgan fingerprint density at radius 3 is 2.90 bits per heavy atom. The number of ether oxygens (including phenoxy) is 1. The van der Waals surface area contributed by atoms with Gasteiger partial charge in [0.1, 0.15) is 0 Å². The number of carbonyl (C=O) groups excluding carboxylic acids is 1. The lowest BCUT2D eigenvalue weighted by molar-refractivity contribution is 0.0244. The Hall–Kier alpha value is -1.43. The minimum Gasteiger partial charge on any atom is -0.388 e. The molecule has 0 saturated heterocycles. The first-order valence-electron chi connectivity index (χ1n) is 6.50. The number of nitrogens with one attached hydrogen (secondary N) is 1. The molecule has 1 aromatic carbocycles. The normalized spacial score (nSPS) is 14.2. The van der Waals surface area contributed by atoms with Gasteiger partial charge >= 0.3 is 0 Å². The van der Waals surface area contributed by atoms with Crippen LogP contribution in [-0.4, -0.2) is 36.9 Å². The Kier molecular flexibility index (Phi) is 4.75. The molecule has 2 N–H and O–H groups in total. The Morgan fingerprint density at radius 2 is 2.20 bits per heavy atom. The van der Waals surface area contributed by atoms with Crippen LogP contribution in [0, 0.1) is 0 Å². The van der Waals surface area contributed by atoms with Gasteiger partial charge in [0, 0.05) is 31.4 Å². The summed E-state index contributed by atoms with van der Waals surface area (Å²) in [6.45, 7) is 2.37. The predicted octanol–water partition coefficient (Wildman–Crippen LogP) is 2.42. The zero-order chi connectivity index (χ0) is 14.6. The molecule has 1 atom stereocenters. The molecule has 0 aliphatic carbocycles. The van der Waals surface area contributed by atoms with Crippen molar-refractivity contribution in [3.8, 4) is 0 Å². The number of thiophene rings is 1. The molecule has 0 fully saturated rings. The van der Waals surface area contributed by atoms with Crippen LogP contribution in [0.3, 0.4) is 0 Å². The highest BCUT2D eigenvalue weighted by molar-refractivity contribution is 7.20. The van der Waals surface area contributed by atoms with Crippen molar-refractivity contribution < 1.29 is 14.6 Å². The van der Waals surface area contributed by atoms with E-state index >= 15 is 0 Å². The van der Waals surface area contributed by atoms with Gasteiger partial charge in [-0.05, 0) is 24.4 Å². The minimum absolute atomic E-state index is 0.149. The third-order valence-corrected chi connectivity index (χ3v) is 4.24. The quantitative estimate of drug-likeness (QED) is 0.860. The highest BCUT2D eigenvalue weighted by Gasteiger charge is 2.21. The van der Waals surface area contributed by atoms with E-state index in [-0.39, 0.29) is 12.5 Å². The zero-order valence-corrected chi connectivity index (χ0v) is 12.5. The molecule has 0 aliphatic heterocycles. The average molecular weight is 293 g/mol. The third kappa shape index (κ3) is 3.79. The molecule has 108 valence electrons. The smallest absolute Gasteiger partial charge is 0.261 e. The van der Waals surface area contributed by atoms with Crippen molar-refractivity contribution in [2.75, 3.05) is 20.3 Å². The molecule has 2 rings (SSSR count). The van der Waals surface area contributed by atoms with E-state index in [1.165, 1.54) is 11.3 Å². The number of carbonyl (C=O) groups is 1. The lowest BCUT2D eigenvalue weighted by atomic mass is 10.0. The number of amides is 1. The number of fused-ring (bicyclic) bond motifs is 1. The van der Waals surface area contributed by atoms with Gasteiger partial charge in [-0.25, -0.2) is 0 Å². The van der Waals surface area contributed by atoms with Gasteiger partial charge in [0.25, 0.3) is 5.91 Å². The van der Waals surface area contributed by atoms with Gasteiger partial charge in [-0.15, -0.1) is 11.3 Å². The summed E-state index contributed by atoms with van der Waals surface area (Å²) < 4.78 is 6.03. The highest BCUT2D eigenvalue weighted by atomic mass is 32.1. The van der Waals surface area contributed by atoms with Gasteiger partial charge in [-0.2, -0.15) is 0 Å². The van der Waals surface area contributed by atoms with E-state index in [0.717, 1.165) is 10.1 Å². The van der Waals surface area contributed by atoms with Gasteiger partial charge in [-0.3, -0.25) is 4.79 Å².